The van der Waals surface area contributed by atoms with Gasteiger partial charge in [0.15, 0.2) is 0 Å². The van der Waals surface area contributed by atoms with E-state index in [0.29, 0.717) is 6.42 Å². The third-order valence-corrected chi connectivity index (χ3v) is 2.31. The van der Waals surface area contributed by atoms with Crippen LogP contribution < -0.4 is 5.32 Å². The molecule has 0 amide bonds. The van der Waals surface area contributed by atoms with Gasteiger partial charge in [-0.1, -0.05) is 12.1 Å². The molecule has 0 spiro atoms. The molecule has 2 aromatic rings. The standard InChI is InChI=1S/C12H14FN3/c1-14-7-11-8-15-12(16-11)6-9-3-2-4-10(13)5-9/h2-5,8,14H,6-7H2,1H3,(H,15,16). The lowest BCUT2D eigenvalue weighted by Crippen LogP contribution is -2.05. The first kappa shape index (κ1) is 10.8. The zero-order chi connectivity index (χ0) is 11.4. The van der Waals surface area contributed by atoms with Crippen LogP contribution in [0.15, 0.2) is 30.5 Å². The maximum Gasteiger partial charge on any atom is 0.123 e. The van der Waals surface area contributed by atoms with Crippen LogP contribution >= 0.6 is 0 Å². The molecule has 16 heavy (non-hydrogen) atoms. The molecule has 1 heterocycles. The number of rotatable bonds is 4. The van der Waals surface area contributed by atoms with Gasteiger partial charge in [-0.15, -0.1) is 0 Å². The van der Waals surface area contributed by atoms with Crippen molar-refractivity contribution >= 4 is 0 Å². The van der Waals surface area contributed by atoms with Crippen LogP contribution in [0.4, 0.5) is 4.39 Å². The molecule has 0 saturated heterocycles. The van der Waals surface area contributed by atoms with Gasteiger partial charge in [-0.2, -0.15) is 0 Å². The molecule has 1 aromatic carbocycles. The van der Waals surface area contributed by atoms with Gasteiger partial charge in [-0.25, -0.2) is 9.37 Å². The first-order chi connectivity index (χ1) is 7.78. The molecule has 3 nitrogen and oxygen atoms in total. The fourth-order valence-corrected chi connectivity index (χ4v) is 1.62. The summed E-state index contributed by atoms with van der Waals surface area (Å²) < 4.78 is 13.0. The van der Waals surface area contributed by atoms with E-state index in [-0.39, 0.29) is 5.82 Å². The Hall–Kier alpha value is -1.68. The Balaban J connectivity index is 2.08. The molecular weight excluding hydrogens is 205 g/mol. The molecule has 2 rings (SSSR count). The largest absolute Gasteiger partial charge is 0.345 e. The molecule has 0 atom stereocenters. The molecular formula is C12H14FN3. The number of H-pyrrole nitrogens is 1. The lowest BCUT2D eigenvalue weighted by molar-refractivity contribution is 0.626. The van der Waals surface area contributed by atoms with Crippen molar-refractivity contribution in [3.8, 4) is 0 Å². The number of hydrogen-bond donors (Lipinski definition) is 2. The number of nitrogens with one attached hydrogen (secondary N) is 2. The number of benzene rings is 1. The summed E-state index contributed by atoms with van der Waals surface area (Å²) in [6.07, 6.45) is 2.42. The lowest BCUT2D eigenvalue weighted by atomic mass is 10.1. The summed E-state index contributed by atoms with van der Waals surface area (Å²) >= 11 is 0. The summed E-state index contributed by atoms with van der Waals surface area (Å²) in [5.74, 6) is 0.648. The van der Waals surface area contributed by atoms with Crippen molar-refractivity contribution in [1.82, 2.24) is 15.3 Å². The fraction of sp³-hybridized carbons (Fsp3) is 0.250. The van der Waals surface area contributed by atoms with E-state index in [9.17, 15) is 4.39 Å². The smallest absolute Gasteiger partial charge is 0.123 e. The van der Waals surface area contributed by atoms with Gasteiger partial charge in [0.25, 0.3) is 0 Å². The van der Waals surface area contributed by atoms with E-state index in [0.717, 1.165) is 23.6 Å². The molecule has 0 fully saturated rings. The lowest BCUT2D eigenvalue weighted by Gasteiger charge is -1.98. The average Bonchev–Trinajstić information content (AvgIpc) is 2.66. The average molecular weight is 219 g/mol. The molecule has 0 bridgehead atoms. The topological polar surface area (TPSA) is 40.7 Å². The summed E-state index contributed by atoms with van der Waals surface area (Å²) in [6.45, 7) is 0.760. The Kier molecular flexibility index (Phi) is 3.31. The van der Waals surface area contributed by atoms with Crippen LogP contribution in [0.2, 0.25) is 0 Å². The van der Waals surface area contributed by atoms with Gasteiger partial charge in [0.05, 0.1) is 0 Å². The van der Waals surface area contributed by atoms with Gasteiger partial charge >= 0.3 is 0 Å². The Bertz CT molecular complexity index is 465. The van der Waals surface area contributed by atoms with Crippen molar-refractivity contribution in [3.05, 3.63) is 53.4 Å². The van der Waals surface area contributed by atoms with Crippen molar-refractivity contribution < 1.29 is 4.39 Å². The van der Waals surface area contributed by atoms with Crippen LogP contribution in [0.3, 0.4) is 0 Å². The third kappa shape index (κ3) is 2.67. The normalized spacial score (nSPS) is 10.6. The van der Waals surface area contributed by atoms with E-state index in [1.165, 1.54) is 12.1 Å². The summed E-state index contributed by atoms with van der Waals surface area (Å²) in [6, 6.07) is 6.57. The second-order valence-corrected chi connectivity index (χ2v) is 3.69. The van der Waals surface area contributed by atoms with E-state index in [1.54, 1.807) is 12.3 Å². The first-order valence-corrected chi connectivity index (χ1v) is 5.20. The Labute approximate surface area is 93.7 Å². The number of halogens is 1. The molecule has 0 aliphatic rings. The number of nitrogens with zero attached hydrogens (tertiary/aromatic N) is 1. The summed E-state index contributed by atoms with van der Waals surface area (Å²) in [5, 5.41) is 3.04. The highest BCUT2D eigenvalue weighted by Gasteiger charge is 2.02. The molecule has 0 radical (unpaired) electrons. The summed E-state index contributed by atoms with van der Waals surface area (Å²) in [5.41, 5.74) is 1.96. The Morgan fingerprint density at radius 1 is 1.44 bits per heavy atom. The van der Waals surface area contributed by atoms with Crippen molar-refractivity contribution in [2.24, 2.45) is 0 Å². The van der Waals surface area contributed by atoms with Crippen molar-refractivity contribution in [3.63, 3.8) is 0 Å². The van der Waals surface area contributed by atoms with E-state index in [2.05, 4.69) is 15.3 Å². The van der Waals surface area contributed by atoms with Crippen LogP contribution in [0.1, 0.15) is 17.1 Å². The SMILES string of the molecule is CNCc1cnc(Cc2cccc(F)c2)[nH]1. The zero-order valence-electron chi connectivity index (χ0n) is 9.13. The van der Waals surface area contributed by atoms with Gasteiger partial charge in [0.2, 0.25) is 0 Å². The van der Waals surface area contributed by atoms with Crippen LogP contribution in [-0.2, 0) is 13.0 Å². The second kappa shape index (κ2) is 4.90. The van der Waals surface area contributed by atoms with E-state index >= 15 is 0 Å². The molecule has 1 aromatic heterocycles. The zero-order valence-corrected chi connectivity index (χ0v) is 9.13. The van der Waals surface area contributed by atoms with E-state index in [1.807, 2.05) is 13.1 Å². The maximum absolute atomic E-state index is 13.0. The van der Waals surface area contributed by atoms with Crippen LogP contribution in [0.25, 0.3) is 0 Å². The maximum atomic E-state index is 13.0. The molecule has 0 aliphatic heterocycles. The molecule has 2 N–H and O–H groups in total. The number of aromatic amines is 1. The molecule has 0 saturated carbocycles. The van der Waals surface area contributed by atoms with Crippen molar-refractivity contribution in [2.45, 2.75) is 13.0 Å². The van der Waals surface area contributed by atoms with Crippen molar-refractivity contribution in [2.75, 3.05) is 7.05 Å². The van der Waals surface area contributed by atoms with Gasteiger partial charge in [-0.05, 0) is 24.7 Å². The van der Waals surface area contributed by atoms with E-state index < -0.39 is 0 Å². The predicted molar refractivity (Wildman–Crippen MR) is 60.6 cm³/mol. The van der Waals surface area contributed by atoms with Crippen LogP contribution in [0, 0.1) is 5.82 Å². The Morgan fingerprint density at radius 2 is 2.31 bits per heavy atom. The molecule has 84 valence electrons. The minimum absolute atomic E-state index is 0.209. The third-order valence-electron chi connectivity index (χ3n) is 2.31. The van der Waals surface area contributed by atoms with E-state index in [4.69, 9.17) is 0 Å². The molecule has 0 unspecified atom stereocenters. The van der Waals surface area contributed by atoms with Gasteiger partial charge in [0.1, 0.15) is 11.6 Å². The number of imidazole rings is 1. The highest BCUT2D eigenvalue weighted by Crippen LogP contribution is 2.08. The first-order valence-electron chi connectivity index (χ1n) is 5.20. The van der Waals surface area contributed by atoms with Crippen LogP contribution in [-0.4, -0.2) is 17.0 Å². The highest BCUT2D eigenvalue weighted by atomic mass is 19.1. The number of aromatic nitrogens is 2. The predicted octanol–water partition coefficient (Wildman–Crippen LogP) is 1.86. The monoisotopic (exact) mass is 219 g/mol. The van der Waals surface area contributed by atoms with Gasteiger partial charge in [0, 0.05) is 24.9 Å². The Morgan fingerprint density at radius 3 is 3.06 bits per heavy atom. The highest BCUT2D eigenvalue weighted by molar-refractivity contribution is 5.20. The molecule has 0 aliphatic carbocycles. The second-order valence-electron chi connectivity index (χ2n) is 3.69. The molecule has 4 heteroatoms. The minimum atomic E-state index is -0.209. The van der Waals surface area contributed by atoms with Gasteiger partial charge < -0.3 is 10.3 Å². The van der Waals surface area contributed by atoms with Crippen LogP contribution in [0.5, 0.6) is 0 Å². The minimum Gasteiger partial charge on any atom is -0.345 e. The van der Waals surface area contributed by atoms with Gasteiger partial charge in [-0.3, -0.25) is 0 Å². The van der Waals surface area contributed by atoms with Crippen molar-refractivity contribution in [1.29, 1.82) is 0 Å². The number of hydrogen-bond acceptors (Lipinski definition) is 2. The summed E-state index contributed by atoms with van der Waals surface area (Å²) in [7, 11) is 1.88. The summed E-state index contributed by atoms with van der Waals surface area (Å²) in [4.78, 5) is 7.43. The quantitative estimate of drug-likeness (QED) is 0.824. The fourth-order valence-electron chi connectivity index (χ4n) is 1.62.